The van der Waals surface area contributed by atoms with Crippen LogP contribution in [0.3, 0.4) is 0 Å². The SMILES string of the molecule is C[C@H](O)c1cc(CN(C)C)nc(-c2ccccc2)n1. The van der Waals surface area contributed by atoms with Gasteiger partial charge in [0.05, 0.1) is 17.5 Å². The van der Waals surface area contributed by atoms with Gasteiger partial charge in [-0.25, -0.2) is 9.97 Å². The number of aliphatic hydroxyl groups excluding tert-OH is 1. The summed E-state index contributed by atoms with van der Waals surface area (Å²) in [7, 11) is 3.98. The van der Waals surface area contributed by atoms with E-state index >= 15 is 0 Å². The summed E-state index contributed by atoms with van der Waals surface area (Å²) in [5.41, 5.74) is 2.53. The first-order valence-electron chi connectivity index (χ1n) is 6.32. The van der Waals surface area contributed by atoms with Gasteiger partial charge in [-0.2, -0.15) is 0 Å². The van der Waals surface area contributed by atoms with E-state index in [4.69, 9.17) is 0 Å². The Balaban J connectivity index is 2.45. The molecule has 0 amide bonds. The van der Waals surface area contributed by atoms with E-state index in [0.29, 0.717) is 11.5 Å². The Kier molecular flexibility index (Phi) is 4.24. The van der Waals surface area contributed by atoms with E-state index in [-0.39, 0.29) is 0 Å². The highest BCUT2D eigenvalue weighted by atomic mass is 16.3. The maximum atomic E-state index is 9.75. The Morgan fingerprint density at radius 2 is 1.84 bits per heavy atom. The van der Waals surface area contributed by atoms with Crippen molar-refractivity contribution in [2.75, 3.05) is 14.1 Å². The van der Waals surface area contributed by atoms with Crippen LogP contribution in [0, 0.1) is 0 Å². The molecule has 1 aromatic carbocycles. The molecule has 0 unspecified atom stereocenters. The van der Waals surface area contributed by atoms with Crippen molar-refractivity contribution in [3.05, 3.63) is 47.8 Å². The second kappa shape index (κ2) is 5.91. The Bertz CT molecular complexity index is 538. The molecule has 2 rings (SSSR count). The Hall–Kier alpha value is -1.78. The van der Waals surface area contributed by atoms with Gasteiger partial charge in [0.15, 0.2) is 5.82 Å². The third-order valence-corrected chi connectivity index (χ3v) is 2.74. The van der Waals surface area contributed by atoms with Gasteiger partial charge in [-0.1, -0.05) is 30.3 Å². The Morgan fingerprint density at radius 1 is 1.16 bits per heavy atom. The molecule has 4 heteroatoms. The summed E-state index contributed by atoms with van der Waals surface area (Å²) in [5.74, 6) is 0.663. The van der Waals surface area contributed by atoms with Crippen LogP contribution in [0.4, 0.5) is 0 Å². The first-order chi connectivity index (χ1) is 9.06. The number of aromatic nitrogens is 2. The van der Waals surface area contributed by atoms with Crippen LogP contribution >= 0.6 is 0 Å². The average Bonchev–Trinajstić information content (AvgIpc) is 2.38. The normalized spacial score (nSPS) is 12.7. The molecule has 4 nitrogen and oxygen atoms in total. The van der Waals surface area contributed by atoms with Gasteiger partial charge in [-0.05, 0) is 27.1 Å². The van der Waals surface area contributed by atoms with Crippen LogP contribution in [-0.4, -0.2) is 34.1 Å². The minimum absolute atomic E-state index is 0.591. The fourth-order valence-electron chi connectivity index (χ4n) is 1.85. The smallest absolute Gasteiger partial charge is 0.159 e. The van der Waals surface area contributed by atoms with Gasteiger partial charge in [0.2, 0.25) is 0 Å². The minimum atomic E-state index is -0.591. The maximum absolute atomic E-state index is 9.75. The average molecular weight is 257 g/mol. The Morgan fingerprint density at radius 3 is 2.42 bits per heavy atom. The van der Waals surface area contributed by atoms with Crippen LogP contribution < -0.4 is 0 Å². The standard InChI is InChI=1S/C15H19N3O/c1-11(19)14-9-13(10-18(2)3)16-15(17-14)12-7-5-4-6-8-12/h4-9,11,19H,10H2,1-3H3/t11-/m0/s1. The molecule has 0 radical (unpaired) electrons. The van der Waals surface area contributed by atoms with Crippen molar-refractivity contribution in [1.29, 1.82) is 0 Å². The minimum Gasteiger partial charge on any atom is -0.387 e. The van der Waals surface area contributed by atoms with Gasteiger partial charge < -0.3 is 10.0 Å². The first-order valence-corrected chi connectivity index (χ1v) is 6.32. The molecule has 0 aliphatic heterocycles. The summed E-state index contributed by atoms with van der Waals surface area (Å²) < 4.78 is 0. The molecule has 1 aromatic heterocycles. The lowest BCUT2D eigenvalue weighted by molar-refractivity contribution is 0.194. The summed E-state index contributed by atoms with van der Waals surface area (Å²) in [6.45, 7) is 2.44. The molecule has 100 valence electrons. The summed E-state index contributed by atoms with van der Waals surface area (Å²) in [5, 5.41) is 9.75. The molecule has 2 aromatic rings. The summed E-state index contributed by atoms with van der Waals surface area (Å²) in [6.07, 6.45) is -0.591. The van der Waals surface area contributed by atoms with Crippen LogP contribution in [0.1, 0.15) is 24.4 Å². The molecule has 0 aliphatic carbocycles. The fourth-order valence-corrected chi connectivity index (χ4v) is 1.85. The van der Waals surface area contributed by atoms with Crippen LogP contribution in [-0.2, 0) is 6.54 Å². The van der Waals surface area contributed by atoms with Gasteiger partial charge in [0.1, 0.15) is 0 Å². The lowest BCUT2D eigenvalue weighted by Crippen LogP contribution is -2.13. The summed E-state index contributed by atoms with van der Waals surface area (Å²) >= 11 is 0. The molecule has 0 bridgehead atoms. The third kappa shape index (κ3) is 3.59. The van der Waals surface area contributed by atoms with E-state index in [0.717, 1.165) is 17.8 Å². The second-order valence-electron chi connectivity index (χ2n) is 4.89. The summed E-state index contributed by atoms with van der Waals surface area (Å²) in [4.78, 5) is 11.0. The van der Waals surface area contributed by atoms with E-state index < -0.39 is 6.10 Å². The monoisotopic (exact) mass is 257 g/mol. The largest absolute Gasteiger partial charge is 0.387 e. The van der Waals surface area contributed by atoms with E-state index in [1.54, 1.807) is 6.92 Å². The molecule has 1 heterocycles. The van der Waals surface area contributed by atoms with Crippen molar-refractivity contribution in [3.63, 3.8) is 0 Å². The van der Waals surface area contributed by atoms with Gasteiger partial charge in [-0.15, -0.1) is 0 Å². The molecule has 1 atom stereocenters. The van der Waals surface area contributed by atoms with Crippen molar-refractivity contribution >= 4 is 0 Å². The van der Waals surface area contributed by atoms with Gasteiger partial charge in [-0.3, -0.25) is 0 Å². The number of benzene rings is 1. The zero-order valence-corrected chi connectivity index (χ0v) is 11.5. The lowest BCUT2D eigenvalue weighted by Gasteiger charge is -2.13. The van der Waals surface area contributed by atoms with Gasteiger partial charge in [0, 0.05) is 12.1 Å². The highest BCUT2D eigenvalue weighted by Gasteiger charge is 2.10. The predicted molar refractivity (Wildman–Crippen MR) is 75.5 cm³/mol. The highest BCUT2D eigenvalue weighted by molar-refractivity contribution is 5.54. The molecule has 0 saturated heterocycles. The molecular formula is C15H19N3O. The fraction of sp³-hybridized carbons (Fsp3) is 0.333. The predicted octanol–water partition coefficient (Wildman–Crippen LogP) is 2.26. The zero-order chi connectivity index (χ0) is 13.8. The van der Waals surface area contributed by atoms with Crippen LogP contribution in [0.25, 0.3) is 11.4 Å². The van der Waals surface area contributed by atoms with Crippen molar-refractivity contribution in [2.24, 2.45) is 0 Å². The quantitative estimate of drug-likeness (QED) is 0.912. The first kappa shape index (κ1) is 13.6. The number of rotatable bonds is 4. The number of hydrogen-bond donors (Lipinski definition) is 1. The van der Waals surface area contributed by atoms with Crippen molar-refractivity contribution in [3.8, 4) is 11.4 Å². The number of hydrogen-bond acceptors (Lipinski definition) is 4. The highest BCUT2D eigenvalue weighted by Crippen LogP contribution is 2.19. The second-order valence-corrected chi connectivity index (χ2v) is 4.89. The van der Waals surface area contributed by atoms with E-state index in [2.05, 4.69) is 9.97 Å². The van der Waals surface area contributed by atoms with Crippen LogP contribution in [0.15, 0.2) is 36.4 Å². The molecule has 0 aliphatic rings. The van der Waals surface area contributed by atoms with E-state index in [1.165, 1.54) is 0 Å². The molecular weight excluding hydrogens is 238 g/mol. The zero-order valence-electron chi connectivity index (χ0n) is 11.5. The summed E-state index contributed by atoms with van der Waals surface area (Å²) in [6, 6.07) is 11.7. The van der Waals surface area contributed by atoms with Crippen molar-refractivity contribution in [1.82, 2.24) is 14.9 Å². The topological polar surface area (TPSA) is 49.2 Å². The van der Waals surface area contributed by atoms with Crippen LogP contribution in [0.2, 0.25) is 0 Å². The molecule has 0 saturated carbocycles. The van der Waals surface area contributed by atoms with Crippen molar-refractivity contribution in [2.45, 2.75) is 19.6 Å². The van der Waals surface area contributed by atoms with Gasteiger partial charge in [0.25, 0.3) is 0 Å². The third-order valence-electron chi connectivity index (χ3n) is 2.74. The van der Waals surface area contributed by atoms with E-state index in [9.17, 15) is 5.11 Å². The van der Waals surface area contributed by atoms with Gasteiger partial charge >= 0.3 is 0 Å². The molecule has 19 heavy (non-hydrogen) atoms. The molecule has 0 fully saturated rings. The lowest BCUT2D eigenvalue weighted by atomic mass is 10.1. The molecule has 0 spiro atoms. The van der Waals surface area contributed by atoms with Crippen molar-refractivity contribution < 1.29 is 5.11 Å². The number of nitrogens with zero attached hydrogens (tertiary/aromatic N) is 3. The van der Waals surface area contributed by atoms with Crippen LogP contribution in [0.5, 0.6) is 0 Å². The Labute approximate surface area is 113 Å². The molecule has 1 N–H and O–H groups in total. The maximum Gasteiger partial charge on any atom is 0.159 e. The van der Waals surface area contributed by atoms with E-state index in [1.807, 2.05) is 55.4 Å². The number of aliphatic hydroxyl groups is 1.